The molecule has 0 spiro atoms. The highest BCUT2D eigenvalue weighted by atomic mass is 35.5. The van der Waals surface area contributed by atoms with Crippen molar-refractivity contribution in [2.45, 2.75) is 6.42 Å². The lowest BCUT2D eigenvalue weighted by molar-refractivity contribution is -0.136. The first-order valence-corrected chi connectivity index (χ1v) is 5.80. The van der Waals surface area contributed by atoms with E-state index in [2.05, 4.69) is 10.2 Å². The molecule has 110 valence electrons. The summed E-state index contributed by atoms with van der Waals surface area (Å²) in [7, 11) is 1.50. The summed E-state index contributed by atoms with van der Waals surface area (Å²) in [5.41, 5.74) is 0.432. The largest absolute Gasteiger partial charge is 0.496 e. The van der Waals surface area contributed by atoms with Gasteiger partial charge in [0.2, 0.25) is 0 Å². The molecule has 1 aromatic rings. The van der Waals surface area contributed by atoms with Gasteiger partial charge in [0.05, 0.1) is 12.5 Å². The van der Waals surface area contributed by atoms with Crippen LogP contribution in [0.2, 0.25) is 0 Å². The number of hydrogen-bond acceptors (Lipinski definition) is 5. The van der Waals surface area contributed by atoms with Gasteiger partial charge in [-0.2, -0.15) is 5.10 Å². The summed E-state index contributed by atoms with van der Waals surface area (Å²) in [6.07, 6.45) is -0.390. The lowest BCUT2D eigenvalue weighted by Gasteiger charge is -2.10. The van der Waals surface area contributed by atoms with E-state index in [4.69, 9.17) is 14.3 Å². The molecule has 0 bridgehead atoms. The van der Waals surface area contributed by atoms with Crippen LogP contribution in [0.3, 0.4) is 0 Å². The van der Waals surface area contributed by atoms with Crippen LogP contribution < -0.4 is 10.3 Å². The Kier molecular flexibility index (Phi) is 3.86. The first kappa shape index (κ1) is 14.9. The van der Waals surface area contributed by atoms with E-state index in [1.807, 2.05) is 0 Å². The molecule has 0 saturated carbocycles. The number of benzene rings is 1. The number of halogens is 1. The number of aromatic amines is 1. The van der Waals surface area contributed by atoms with Gasteiger partial charge in [0.1, 0.15) is 34.8 Å². The van der Waals surface area contributed by atoms with Crippen LogP contribution in [0.5, 0.6) is 5.75 Å². The van der Waals surface area contributed by atoms with Gasteiger partial charge in [0, 0.05) is 0 Å². The Bertz CT molecular complexity index is 838. The Morgan fingerprint density at radius 1 is 1.48 bits per heavy atom. The van der Waals surface area contributed by atoms with Crippen molar-refractivity contribution in [2.75, 3.05) is 7.11 Å². The number of aliphatic carboxylic acids is 1. The molecule has 0 radical (unpaired) electrons. The van der Waals surface area contributed by atoms with E-state index in [1.165, 1.54) is 7.11 Å². The van der Waals surface area contributed by atoms with Crippen molar-refractivity contribution in [1.29, 1.82) is 0 Å². The van der Waals surface area contributed by atoms with Crippen molar-refractivity contribution in [3.8, 4) is 17.0 Å². The van der Waals surface area contributed by atoms with Crippen LogP contribution in [0, 0.1) is 0 Å². The third kappa shape index (κ3) is 2.31. The molecule has 0 aromatic heterocycles. The molecule has 2 aliphatic heterocycles. The molecule has 1 aromatic carbocycles. The van der Waals surface area contributed by atoms with Crippen molar-refractivity contribution in [1.82, 2.24) is 10.2 Å². The van der Waals surface area contributed by atoms with E-state index in [9.17, 15) is 9.59 Å². The van der Waals surface area contributed by atoms with E-state index in [-0.39, 0.29) is 23.7 Å². The molecule has 2 N–H and O–H groups in total. The Morgan fingerprint density at radius 3 is 2.90 bits per heavy atom. The summed E-state index contributed by atoms with van der Waals surface area (Å²) in [6.45, 7) is 0. The molecule has 2 heterocycles. The Labute approximate surface area is 124 Å². The number of ether oxygens (including phenoxy) is 1. The van der Waals surface area contributed by atoms with Gasteiger partial charge in [0.25, 0.3) is 5.56 Å². The van der Waals surface area contributed by atoms with E-state index >= 15 is 0 Å². The summed E-state index contributed by atoms with van der Waals surface area (Å²) in [4.78, 5) is 22.7. The fourth-order valence-electron chi connectivity index (χ4n) is 2.21. The SMILES string of the molecule is COc1cccc2oc(CC(=O)O)c3c(=O)[nH]nc-3c12.Cl. The quantitative estimate of drug-likeness (QED) is 0.762. The second-order valence-corrected chi connectivity index (χ2v) is 4.21. The molecule has 0 unspecified atom stereocenters. The third-order valence-corrected chi connectivity index (χ3v) is 3.00. The van der Waals surface area contributed by atoms with Gasteiger partial charge in [0.15, 0.2) is 0 Å². The van der Waals surface area contributed by atoms with Crippen LogP contribution in [0.25, 0.3) is 22.2 Å². The first-order chi connectivity index (χ1) is 9.61. The van der Waals surface area contributed by atoms with E-state index < -0.39 is 17.9 Å². The Hall–Kier alpha value is -2.54. The highest BCUT2D eigenvalue weighted by molar-refractivity contribution is 5.97. The molecule has 8 heteroatoms. The number of aromatic nitrogens is 2. The fraction of sp³-hybridized carbons (Fsp3) is 0.154. The highest BCUT2D eigenvalue weighted by Gasteiger charge is 2.25. The Balaban J connectivity index is 0.00000161. The molecule has 2 aliphatic rings. The zero-order chi connectivity index (χ0) is 14.3. The molecule has 7 nitrogen and oxygen atoms in total. The number of carboxylic acid groups (broad SMARTS) is 1. The number of nitrogens with zero attached hydrogens (tertiary/aromatic N) is 1. The summed E-state index contributed by atoms with van der Waals surface area (Å²) >= 11 is 0. The van der Waals surface area contributed by atoms with Crippen LogP contribution in [0.1, 0.15) is 5.76 Å². The molecule has 3 rings (SSSR count). The molecule has 21 heavy (non-hydrogen) atoms. The topological polar surface area (TPSA) is 105 Å². The first-order valence-electron chi connectivity index (χ1n) is 5.80. The van der Waals surface area contributed by atoms with Crippen molar-refractivity contribution < 1.29 is 19.1 Å². The number of carboxylic acids is 1. The predicted molar refractivity (Wildman–Crippen MR) is 76.4 cm³/mol. The predicted octanol–water partition coefficient (Wildman–Crippen LogP) is 1.68. The standard InChI is InChI=1S/C13H10N2O5.ClH/c1-19-6-3-2-4-7-10(6)12-11(13(18)15-14-12)8(20-7)5-9(16)17;/h2-4H,5H2,1H3,(H,15,18)(H,16,17);1H. The van der Waals surface area contributed by atoms with Crippen LogP contribution in [-0.2, 0) is 11.2 Å². The second-order valence-electron chi connectivity index (χ2n) is 4.21. The molecular formula is C13H11ClN2O5. The lowest BCUT2D eigenvalue weighted by Crippen LogP contribution is -2.08. The summed E-state index contributed by atoms with van der Waals surface area (Å²) in [5, 5.41) is 15.7. The maximum atomic E-state index is 11.8. The van der Waals surface area contributed by atoms with Crippen molar-refractivity contribution in [2.24, 2.45) is 0 Å². The molecule has 0 aliphatic carbocycles. The van der Waals surface area contributed by atoms with Crippen LogP contribution in [0.4, 0.5) is 0 Å². The van der Waals surface area contributed by atoms with Crippen LogP contribution in [-0.4, -0.2) is 28.4 Å². The fourth-order valence-corrected chi connectivity index (χ4v) is 2.21. The number of carbonyl (C=O) groups is 1. The van der Waals surface area contributed by atoms with Crippen LogP contribution in [0.15, 0.2) is 27.4 Å². The average molecular weight is 311 g/mol. The molecule has 0 saturated heterocycles. The third-order valence-electron chi connectivity index (χ3n) is 3.00. The van der Waals surface area contributed by atoms with Gasteiger partial charge in [-0.3, -0.25) is 9.59 Å². The number of rotatable bonds is 3. The molecular weight excluding hydrogens is 300 g/mol. The lowest BCUT2D eigenvalue weighted by atomic mass is 10.0. The summed E-state index contributed by atoms with van der Waals surface area (Å²) in [6, 6.07) is 5.10. The van der Waals surface area contributed by atoms with Crippen molar-refractivity contribution in [3.05, 3.63) is 34.3 Å². The Morgan fingerprint density at radius 2 is 2.24 bits per heavy atom. The van der Waals surface area contributed by atoms with Gasteiger partial charge >= 0.3 is 5.97 Å². The number of nitrogens with one attached hydrogen (secondary N) is 1. The van der Waals surface area contributed by atoms with Gasteiger partial charge < -0.3 is 14.3 Å². The van der Waals surface area contributed by atoms with Gasteiger partial charge in [-0.25, -0.2) is 5.10 Å². The van der Waals surface area contributed by atoms with Gasteiger partial charge in [-0.15, -0.1) is 12.4 Å². The normalized spacial score (nSPS) is 10.5. The molecule has 0 atom stereocenters. The molecule has 0 amide bonds. The zero-order valence-corrected chi connectivity index (χ0v) is 11.7. The minimum atomic E-state index is -1.09. The molecule has 0 fully saturated rings. The minimum absolute atomic E-state index is 0. The minimum Gasteiger partial charge on any atom is -0.496 e. The van der Waals surface area contributed by atoms with E-state index in [1.54, 1.807) is 18.2 Å². The van der Waals surface area contributed by atoms with Crippen LogP contribution >= 0.6 is 12.4 Å². The smallest absolute Gasteiger partial charge is 0.311 e. The number of methoxy groups -OCH3 is 1. The maximum Gasteiger partial charge on any atom is 0.311 e. The highest BCUT2D eigenvalue weighted by Crippen LogP contribution is 2.36. The van der Waals surface area contributed by atoms with Gasteiger partial charge in [-0.1, -0.05) is 6.07 Å². The second kappa shape index (κ2) is 5.45. The summed E-state index contributed by atoms with van der Waals surface area (Å²) in [5.74, 6) is -0.505. The van der Waals surface area contributed by atoms with Gasteiger partial charge in [-0.05, 0) is 12.1 Å². The van der Waals surface area contributed by atoms with E-state index in [0.717, 1.165) is 0 Å². The number of fused-ring (bicyclic) bond motifs is 3. The van der Waals surface area contributed by atoms with Crippen molar-refractivity contribution >= 4 is 29.3 Å². The maximum absolute atomic E-state index is 11.8. The monoisotopic (exact) mass is 310 g/mol. The zero-order valence-electron chi connectivity index (χ0n) is 10.9. The van der Waals surface area contributed by atoms with Crippen molar-refractivity contribution in [3.63, 3.8) is 0 Å². The summed E-state index contributed by atoms with van der Waals surface area (Å²) < 4.78 is 10.8. The number of hydrogen-bond donors (Lipinski definition) is 2. The number of H-pyrrole nitrogens is 1. The average Bonchev–Trinajstić information content (AvgIpc) is 2.80. The van der Waals surface area contributed by atoms with E-state index in [0.29, 0.717) is 22.4 Å².